The van der Waals surface area contributed by atoms with Crippen molar-refractivity contribution in [3.8, 4) is 0 Å². The molecular formula is C19H22N4O5. The van der Waals surface area contributed by atoms with Crippen LogP contribution in [-0.4, -0.2) is 49.4 Å². The predicted molar refractivity (Wildman–Crippen MR) is 105 cm³/mol. The van der Waals surface area contributed by atoms with Crippen molar-refractivity contribution in [2.75, 3.05) is 38.4 Å². The van der Waals surface area contributed by atoms with Crippen LogP contribution in [0.2, 0.25) is 0 Å². The van der Waals surface area contributed by atoms with Crippen LogP contribution in [0.25, 0.3) is 0 Å². The minimum atomic E-state index is -0.833. The second kappa shape index (κ2) is 8.85. The van der Waals surface area contributed by atoms with Crippen molar-refractivity contribution >= 4 is 28.9 Å². The van der Waals surface area contributed by atoms with Crippen LogP contribution in [0.3, 0.4) is 0 Å². The summed E-state index contributed by atoms with van der Waals surface area (Å²) in [7, 11) is 5.48. The number of nitrogens with zero attached hydrogens (tertiary/aromatic N) is 3. The van der Waals surface area contributed by atoms with Gasteiger partial charge in [0.25, 0.3) is 11.6 Å². The summed E-state index contributed by atoms with van der Waals surface area (Å²) in [5, 5.41) is 10.9. The number of nitrogen functional groups attached to an aromatic ring is 1. The molecule has 0 heterocycles. The molecule has 0 fully saturated rings. The van der Waals surface area contributed by atoms with Gasteiger partial charge in [0.15, 0.2) is 6.61 Å². The highest BCUT2D eigenvalue weighted by Gasteiger charge is 2.18. The fourth-order valence-electron chi connectivity index (χ4n) is 2.41. The first kappa shape index (κ1) is 20.7. The monoisotopic (exact) mass is 386 g/mol. The standard InChI is InChI=1S/C19H22N4O5/c1-21(2)15-7-4-13(5-8-15)11-22(3)18(24)12-28-19(25)14-6-9-16(20)17(10-14)23(26)27/h4-10H,11-12,20H2,1-3H3. The number of nitro benzene ring substituents is 1. The summed E-state index contributed by atoms with van der Waals surface area (Å²) in [6.07, 6.45) is 0. The highest BCUT2D eigenvalue weighted by molar-refractivity contribution is 5.92. The smallest absolute Gasteiger partial charge is 0.338 e. The van der Waals surface area contributed by atoms with Gasteiger partial charge in [0.1, 0.15) is 5.69 Å². The molecule has 2 rings (SSSR count). The van der Waals surface area contributed by atoms with Crippen LogP contribution in [0.5, 0.6) is 0 Å². The average Bonchev–Trinajstić information content (AvgIpc) is 2.66. The number of likely N-dealkylation sites (N-methyl/N-ethyl adjacent to an activating group) is 1. The van der Waals surface area contributed by atoms with Gasteiger partial charge in [0.05, 0.1) is 10.5 Å². The summed E-state index contributed by atoms with van der Waals surface area (Å²) in [4.78, 5) is 37.9. The minimum Gasteiger partial charge on any atom is -0.452 e. The molecule has 0 saturated heterocycles. The van der Waals surface area contributed by atoms with E-state index in [-0.39, 0.29) is 16.9 Å². The molecule has 2 N–H and O–H groups in total. The first-order valence-corrected chi connectivity index (χ1v) is 8.40. The summed E-state index contributed by atoms with van der Waals surface area (Å²) in [5.74, 6) is -1.23. The number of ether oxygens (including phenoxy) is 1. The van der Waals surface area contributed by atoms with E-state index in [4.69, 9.17) is 10.5 Å². The Balaban J connectivity index is 1.92. The van der Waals surface area contributed by atoms with Gasteiger partial charge in [0, 0.05) is 39.4 Å². The average molecular weight is 386 g/mol. The van der Waals surface area contributed by atoms with Crippen LogP contribution < -0.4 is 10.6 Å². The molecule has 0 spiro atoms. The van der Waals surface area contributed by atoms with E-state index in [1.54, 1.807) is 7.05 Å². The number of hydrogen-bond donors (Lipinski definition) is 1. The van der Waals surface area contributed by atoms with E-state index in [2.05, 4.69) is 0 Å². The van der Waals surface area contributed by atoms with Crippen LogP contribution in [0, 0.1) is 10.1 Å². The Morgan fingerprint density at radius 1 is 1.11 bits per heavy atom. The first-order valence-electron chi connectivity index (χ1n) is 8.40. The molecular weight excluding hydrogens is 364 g/mol. The van der Waals surface area contributed by atoms with E-state index in [9.17, 15) is 19.7 Å². The lowest BCUT2D eigenvalue weighted by Crippen LogP contribution is -2.30. The van der Waals surface area contributed by atoms with Crippen molar-refractivity contribution in [3.05, 3.63) is 63.7 Å². The second-order valence-electron chi connectivity index (χ2n) is 6.42. The van der Waals surface area contributed by atoms with Crippen LogP contribution in [0.15, 0.2) is 42.5 Å². The van der Waals surface area contributed by atoms with Gasteiger partial charge < -0.3 is 20.3 Å². The molecule has 1 amide bonds. The number of amides is 1. The molecule has 0 aliphatic heterocycles. The third kappa shape index (κ3) is 5.19. The third-order valence-electron chi connectivity index (χ3n) is 4.09. The topological polar surface area (TPSA) is 119 Å². The van der Waals surface area contributed by atoms with Crippen LogP contribution in [0.1, 0.15) is 15.9 Å². The zero-order chi connectivity index (χ0) is 20.8. The summed E-state index contributed by atoms with van der Waals surface area (Å²) >= 11 is 0. The van der Waals surface area contributed by atoms with E-state index < -0.39 is 23.4 Å². The molecule has 0 aliphatic rings. The number of nitro groups is 1. The molecule has 0 aromatic heterocycles. The Labute approximate surface area is 162 Å². The minimum absolute atomic E-state index is 0.0457. The molecule has 0 saturated carbocycles. The Bertz CT molecular complexity index is 880. The number of esters is 1. The van der Waals surface area contributed by atoms with Gasteiger partial charge in [0.2, 0.25) is 0 Å². The number of anilines is 2. The summed E-state index contributed by atoms with van der Waals surface area (Å²) in [5.41, 5.74) is 6.98. The largest absolute Gasteiger partial charge is 0.452 e. The number of carbonyl (C=O) groups excluding carboxylic acids is 2. The van der Waals surface area contributed by atoms with Crippen molar-refractivity contribution in [2.45, 2.75) is 6.54 Å². The summed E-state index contributed by atoms with van der Waals surface area (Å²) < 4.78 is 4.97. The van der Waals surface area contributed by atoms with Gasteiger partial charge in [-0.3, -0.25) is 14.9 Å². The second-order valence-corrected chi connectivity index (χ2v) is 6.42. The fraction of sp³-hybridized carbons (Fsp3) is 0.263. The molecule has 28 heavy (non-hydrogen) atoms. The van der Waals surface area contributed by atoms with Crippen molar-refractivity contribution in [1.82, 2.24) is 4.90 Å². The highest BCUT2D eigenvalue weighted by atomic mass is 16.6. The van der Waals surface area contributed by atoms with Crippen molar-refractivity contribution in [3.63, 3.8) is 0 Å². The quantitative estimate of drug-likeness (QED) is 0.335. The van der Waals surface area contributed by atoms with Gasteiger partial charge in [-0.15, -0.1) is 0 Å². The molecule has 0 aliphatic carbocycles. The van der Waals surface area contributed by atoms with Gasteiger partial charge in [-0.1, -0.05) is 12.1 Å². The van der Waals surface area contributed by atoms with Gasteiger partial charge in [-0.05, 0) is 29.8 Å². The number of rotatable bonds is 7. The lowest BCUT2D eigenvalue weighted by molar-refractivity contribution is -0.383. The highest BCUT2D eigenvalue weighted by Crippen LogP contribution is 2.22. The van der Waals surface area contributed by atoms with Crippen LogP contribution in [-0.2, 0) is 16.1 Å². The zero-order valence-corrected chi connectivity index (χ0v) is 15.9. The van der Waals surface area contributed by atoms with Gasteiger partial charge in [-0.25, -0.2) is 4.79 Å². The molecule has 9 nitrogen and oxygen atoms in total. The van der Waals surface area contributed by atoms with E-state index in [0.717, 1.165) is 17.3 Å². The lowest BCUT2D eigenvalue weighted by atomic mass is 10.2. The Morgan fingerprint density at radius 2 is 1.75 bits per heavy atom. The number of carbonyl (C=O) groups is 2. The van der Waals surface area contributed by atoms with Crippen LogP contribution >= 0.6 is 0 Å². The molecule has 2 aromatic carbocycles. The van der Waals surface area contributed by atoms with E-state index in [1.807, 2.05) is 43.3 Å². The molecule has 0 unspecified atom stereocenters. The lowest BCUT2D eigenvalue weighted by Gasteiger charge is -2.18. The molecule has 148 valence electrons. The fourth-order valence-corrected chi connectivity index (χ4v) is 2.41. The molecule has 0 radical (unpaired) electrons. The van der Waals surface area contributed by atoms with E-state index in [1.165, 1.54) is 17.0 Å². The number of benzene rings is 2. The maximum atomic E-state index is 12.2. The first-order chi connectivity index (χ1) is 13.2. The van der Waals surface area contributed by atoms with E-state index >= 15 is 0 Å². The maximum Gasteiger partial charge on any atom is 0.338 e. The number of nitrogens with two attached hydrogens (primary N) is 1. The van der Waals surface area contributed by atoms with Crippen molar-refractivity contribution < 1.29 is 19.2 Å². The maximum absolute atomic E-state index is 12.2. The van der Waals surface area contributed by atoms with E-state index in [0.29, 0.717) is 6.54 Å². The Kier molecular flexibility index (Phi) is 6.54. The SMILES string of the molecule is CN(Cc1ccc(N(C)C)cc1)C(=O)COC(=O)c1ccc(N)c([N+](=O)[O-])c1. The summed E-state index contributed by atoms with van der Waals surface area (Å²) in [6.45, 7) is -0.110. The Hall–Kier alpha value is -3.62. The normalized spacial score (nSPS) is 10.2. The number of hydrogen-bond acceptors (Lipinski definition) is 7. The predicted octanol–water partition coefficient (Wildman–Crippen LogP) is 2.06. The van der Waals surface area contributed by atoms with Crippen molar-refractivity contribution in [2.24, 2.45) is 0 Å². The Morgan fingerprint density at radius 3 is 2.32 bits per heavy atom. The van der Waals surface area contributed by atoms with Crippen molar-refractivity contribution in [1.29, 1.82) is 0 Å². The third-order valence-corrected chi connectivity index (χ3v) is 4.09. The molecule has 0 bridgehead atoms. The van der Waals surface area contributed by atoms with Gasteiger partial charge in [-0.2, -0.15) is 0 Å². The summed E-state index contributed by atoms with van der Waals surface area (Å²) in [6, 6.07) is 11.3. The van der Waals surface area contributed by atoms with Crippen LogP contribution in [0.4, 0.5) is 17.1 Å². The molecule has 0 atom stereocenters. The molecule has 9 heteroatoms. The molecule has 2 aromatic rings. The van der Waals surface area contributed by atoms with Gasteiger partial charge >= 0.3 is 5.97 Å². The zero-order valence-electron chi connectivity index (χ0n) is 15.9.